The lowest BCUT2D eigenvalue weighted by atomic mass is 10.1. The molecular weight excluding hydrogens is 248 g/mol. The molecule has 0 bridgehead atoms. The van der Waals surface area contributed by atoms with Gasteiger partial charge in [-0.2, -0.15) is 0 Å². The number of benzene rings is 1. The third-order valence-corrected chi connectivity index (χ3v) is 2.87. The van der Waals surface area contributed by atoms with Crippen molar-refractivity contribution < 1.29 is 9.76 Å². The summed E-state index contributed by atoms with van der Waals surface area (Å²) >= 11 is 0. The molecule has 0 spiro atoms. The van der Waals surface area contributed by atoms with Crippen LogP contribution in [0.3, 0.4) is 0 Å². The monoisotopic (exact) mass is 258 g/mol. The number of aromatic nitrogens is 2. The van der Waals surface area contributed by atoms with E-state index < -0.39 is 4.92 Å². The highest BCUT2D eigenvalue weighted by molar-refractivity contribution is 6.00. The van der Waals surface area contributed by atoms with E-state index in [9.17, 15) is 10.1 Å². The molecule has 3 rings (SSSR count). The molecule has 2 heterocycles. The molecule has 1 aliphatic heterocycles. The van der Waals surface area contributed by atoms with Gasteiger partial charge in [-0.05, 0) is 15.5 Å². The first-order chi connectivity index (χ1) is 9.24. The molecule has 0 aliphatic carbocycles. The van der Waals surface area contributed by atoms with Crippen LogP contribution in [0, 0.1) is 10.1 Å². The van der Waals surface area contributed by atoms with Gasteiger partial charge in [-0.3, -0.25) is 4.57 Å². The zero-order chi connectivity index (χ0) is 13.2. The van der Waals surface area contributed by atoms with Gasteiger partial charge in [0, 0.05) is 0 Å². The van der Waals surface area contributed by atoms with Crippen molar-refractivity contribution in [1.82, 2.24) is 9.55 Å². The molecule has 1 aliphatic rings. The van der Waals surface area contributed by atoms with Crippen LogP contribution >= 0.6 is 0 Å². The van der Waals surface area contributed by atoms with Crippen LogP contribution in [-0.4, -0.2) is 20.2 Å². The number of imidazole rings is 1. The summed E-state index contributed by atoms with van der Waals surface area (Å²) in [6, 6.07) is 9.67. The number of nitro groups is 1. The lowest BCUT2D eigenvalue weighted by molar-refractivity contribution is -0.389. The van der Waals surface area contributed by atoms with Gasteiger partial charge in [0.25, 0.3) is 0 Å². The largest absolute Gasteiger partial charge is 0.381 e. The summed E-state index contributed by atoms with van der Waals surface area (Å²) in [6.45, 7) is 0. The lowest BCUT2D eigenvalue weighted by Gasteiger charge is -2.06. The second kappa shape index (κ2) is 4.52. The zero-order valence-electron chi connectivity index (χ0n) is 9.84. The van der Waals surface area contributed by atoms with Crippen LogP contribution in [0.2, 0.25) is 0 Å². The first kappa shape index (κ1) is 11.4. The van der Waals surface area contributed by atoms with E-state index in [0.717, 1.165) is 11.3 Å². The van der Waals surface area contributed by atoms with Crippen molar-refractivity contribution in [3.63, 3.8) is 0 Å². The highest BCUT2D eigenvalue weighted by atomic mass is 16.7. The molecule has 1 aromatic heterocycles. The van der Waals surface area contributed by atoms with Crippen molar-refractivity contribution in [2.75, 3.05) is 0 Å². The Hall–Kier alpha value is -2.70. The Labute approximate surface area is 108 Å². The fourth-order valence-corrected chi connectivity index (χ4v) is 1.90. The lowest BCUT2D eigenvalue weighted by Crippen LogP contribution is -2.07. The number of nitrogens with zero attached hydrogens (tertiary/aromatic N) is 4. The van der Waals surface area contributed by atoms with Gasteiger partial charge in [0.15, 0.2) is 0 Å². The maximum Gasteiger partial charge on any atom is 0.381 e. The number of rotatable bonds is 3. The fourth-order valence-electron chi connectivity index (χ4n) is 1.90. The molecule has 7 heteroatoms. The molecular formula is C12H10N4O3. The fraction of sp³-hybridized carbons (Fsp3) is 0.167. The average Bonchev–Trinajstić information content (AvgIpc) is 3.09. The van der Waals surface area contributed by atoms with Gasteiger partial charge in [0.1, 0.15) is 6.20 Å². The van der Waals surface area contributed by atoms with E-state index in [0.29, 0.717) is 6.42 Å². The maximum atomic E-state index is 10.6. The van der Waals surface area contributed by atoms with Crippen LogP contribution in [-0.2, 0) is 4.84 Å². The van der Waals surface area contributed by atoms with Gasteiger partial charge in [-0.25, -0.2) is 0 Å². The van der Waals surface area contributed by atoms with Crippen molar-refractivity contribution >= 4 is 11.5 Å². The van der Waals surface area contributed by atoms with Crippen molar-refractivity contribution in [3.8, 4) is 0 Å². The number of oxime groups is 1. The standard InChI is InChI=1S/C12H10N4O3/c17-16(18)11-7-15(8-13-11)12-6-10(14-19-12)9-4-2-1-3-5-9/h1-5,7-8,12H,6H2/t12-/m1/s1. The summed E-state index contributed by atoms with van der Waals surface area (Å²) < 4.78 is 1.55. The molecule has 2 aromatic rings. The van der Waals surface area contributed by atoms with Crippen LogP contribution in [0.5, 0.6) is 0 Å². The van der Waals surface area contributed by atoms with E-state index >= 15 is 0 Å². The topological polar surface area (TPSA) is 82.5 Å². The molecule has 0 fully saturated rings. The van der Waals surface area contributed by atoms with Gasteiger partial charge >= 0.3 is 5.82 Å². The van der Waals surface area contributed by atoms with E-state index in [4.69, 9.17) is 4.84 Å². The van der Waals surface area contributed by atoms with E-state index in [1.165, 1.54) is 12.5 Å². The molecule has 0 N–H and O–H groups in total. The van der Waals surface area contributed by atoms with Gasteiger partial charge in [0.2, 0.25) is 12.6 Å². The number of hydrogen-bond acceptors (Lipinski definition) is 5. The Bertz CT molecular complexity index is 635. The van der Waals surface area contributed by atoms with Crippen LogP contribution in [0.15, 0.2) is 48.0 Å². The first-order valence-electron chi connectivity index (χ1n) is 5.70. The molecule has 96 valence electrons. The van der Waals surface area contributed by atoms with Crippen molar-refractivity contribution in [1.29, 1.82) is 0 Å². The van der Waals surface area contributed by atoms with Gasteiger partial charge < -0.3 is 15.0 Å². The summed E-state index contributed by atoms with van der Waals surface area (Å²) in [5.41, 5.74) is 1.81. The summed E-state index contributed by atoms with van der Waals surface area (Å²) in [5.74, 6) is -0.197. The molecule has 0 radical (unpaired) electrons. The van der Waals surface area contributed by atoms with Crippen LogP contribution in [0.25, 0.3) is 0 Å². The first-order valence-corrected chi connectivity index (χ1v) is 5.70. The van der Waals surface area contributed by atoms with Crippen molar-refractivity contribution in [2.24, 2.45) is 5.16 Å². The molecule has 0 amide bonds. The second-order valence-electron chi connectivity index (χ2n) is 4.10. The summed E-state index contributed by atoms with van der Waals surface area (Å²) in [7, 11) is 0. The molecule has 1 atom stereocenters. The van der Waals surface area contributed by atoms with Crippen molar-refractivity contribution in [3.05, 3.63) is 58.5 Å². The minimum Gasteiger partial charge on any atom is -0.369 e. The SMILES string of the molecule is O=[N+]([O-])c1cn([C@H]2CC(c3ccccc3)=NO2)cn1. The van der Waals surface area contributed by atoms with E-state index in [-0.39, 0.29) is 12.0 Å². The molecule has 1 aromatic carbocycles. The normalized spacial score (nSPS) is 17.9. The summed E-state index contributed by atoms with van der Waals surface area (Å²) in [5, 5.41) is 14.6. The van der Waals surface area contributed by atoms with Gasteiger partial charge in [-0.1, -0.05) is 35.5 Å². The maximum absolute atomic E-state index is 10.6. The van der Waals surface area contributed by atoms with E-state index in [1.54, 1.807) is 4.57 Å². The third-order valence-electron chi connectivity index (χ3n) is 2.87. The summed E-state index contributed by atoms with van der Waals surface area (Å²) in [4.78, 5) is 19.0. The Morgan fingerprint density at radius 2 is 2.16 bits per heavy atom. The Kier molecular flexibility index (Phi) is 2.71. The van der Waals surface area contributed by atoms with Crippen molar-refractivity contribution in [2.45, 2.75) is 12.6 Å². The predicted octanol–water partition coefficient (Wildman–Crippen LogP) is 2.11. The van der Waals surface area contributed by atoms with Crippen LogP contribution < -0.4 is 0 Å². The van der Waals surface area contributed by atoms with Gasteiger partial charge in [0.05, 0.1) is 12.1 Å². The van der Waals surface area contributed by atoms with Gasteiger partial charge in [-0.15, -0.1) is 0 Å². The Morgan fingerprint density at radius 3 is 2.84 bits per heavy atom. The van der Waals surface area contributed by atoms with E-state index in [1.807, 2.05) is 30.3 Å². The third kappa shape index (κ3) is 2.17. The highest BCUT2D eigenvalue weighted by Crippen LogP contribution is 2.25. The summed E-state index contributed by atoms with van der Waals surface area (Å²) in [6.07, 6.45) is 2.90. The minimum atomic E-state index is -0.537. The van der Waals surface area contributed by atoms with Crippen LogP contribution in [0.1, 0.15) is 18.2 Å². The Morgan fingerprint density at radius 1 is 1.37 bits per heavy atom. The molecule has 0 saturated carbocycles. The number of hydrogen-bond donors (Lipinski definition) is 0. The molecule has 19 heavy (non-hydrogen) atoms. The highest BCUT2D eigenvalue weighted by Gasteiger charge is 2.25. The molecule has 7 nitrogen and oxygen atoms in total. The zero-order valence-corrected chi connectivity index (χ0v) is 9.84. The van der Waals surface area contributed by atoms with E-state index in [2.05, 4.69) is 10.1 Å². The Balaban J connectivity index is 1.75. The molecule has 0 unspecified atom stereocenters. The molecule has 0 saturated heterocycles. The second-order valence-corrected chi connectivity index (χ2v) is 4.10. The van der Waals surface area contributed by atoms with Crippen LogP contribution in [0.4, 0.5) is 5.82 Å². The quantitative estimate of drug-likeness (QED) is 0.623. The smallest absolute Gasteiger partial charge is 0.369 e. The minimum absolute atomic E-state index is 0.197. The predicted molar refractivity (Wildman–Crippen MR) is 66.6 cm³/mol. The average molecular weight is 258 g/mol.